The number of fused-ring (bicyclic) bond motifs is 5. The van der Waals surface area contributed by atoms with E-state index in [4.69, 9.17) is 14.2 Å². The van der Waals surface area contributed by atoms with Crippen LogP contribution in [-0.2, 0) is 23.8 Å². The monoisotopic (exact) mass is 346 g/mol. The van der Waals surface area contributed by atoms with E-state index < -0.39 is 46.9 Å². The lowest BCUT2D eigenvalue weighted by Crippen LogP contribution is -2.84. The third-order valence-electron chi connectivity index (χ3n) is 4.64. The Hall–Kier alpha value is -1.30. The average Bonchev–Trinajstić information content (AvgIpc) is 2.77. The first-order chi connectivity index (χ1) is 11.0. The Labute approximate surface area is 138 Å². The normalized spacial score (nSPS) is 46.0. The van der Waals surface area contributed by atoms with E-state index in [0.717, 1.165) is 0 Å². The second-order valence-electron chi connectivity index (χ2n) is 7.07. The fraction of sp³-hybridized carbons (Fsp3) is 0.857. The van der Waals surface area contributed by atoms with Crippen molar-refractivity contribution in [3.8, 4) is 0 Å². The van der Waals surface area contributed by atoms with E-state index in [0.29, 0.717) is 0 Å². The van der Waals surface area contributed by atoms with Crippen LogP contribution in [-0.4, -0.2) is 75.4 Å². The zero-order chi connectivity index (χ0) is 18.0. The summed E-state index contributed by atoms with van der Waals surface area (Å²) in [5, 5.41) is 35.2. The van der Waals surface area contributed by atoms with Crippen LogP contribution in [0.2, 0.25) is 0 Å². The van der Waals surface area contributed by atoms with Crippen LogP contribution in [0, 0.1) is 0 Å². The van der Waals surface area contributed by atoms with Gasteiger partial charge in [0.1, 0.15) is 17.8 Å². The summed E-state index contributed by atoms with van der Waals surface area (Å²) in [7, 11) is 0. The zero-order valence-corrected chi connectivity index (χ0v) is 13.7. The van der Waals surface area contributed by atoms with Gasteiger partial charge in [0, 0.05) is 6.42 Å². The van der Waals surface area contributed by atoms with Gasteiger partial charge < -0.3 is 40.2 Å². The molecule has 0 saturated carbocycles. The summed E-state index contributed by atoms with van der Waals surface area (Å²) in [6.45, 7) is 4.61. The lowest BCUT2D eigenvalue weighted by atomic mass is 9.85. The third-order valence-corrected chi connectivity index (χ3v) is 4.64. The summed E-state index contributed by atoms with van der Waals surface area (Å²) in [6.07, 6.45) is -3.29. The second kappa shape index (κ2) is 5.10. The first kappa shape index (κ1) is 17.5. The number of ether oxygens (including phenoxy) is 3. The van der Waals surface area contributed by atoms with Crippen molar-refractivity contribution in [3.63, 3.8) is 0 Å². The summed E-state index contributed by atoms with van der Waals surface area (Å²) < 4.78 is 16.6. The van der Waals surface area contributed by atoms with Crippen molar-refractivity contribution in [1.82, 2.24) is 10.6 Å². The minimum atomic E-state index is -2.47. The van der Waals surface area contributed by atoms with Crippen LogP contribution in [0.4, 0.5) is 0 Å². The standard InChI is InChI=1S/C14H22N2O8/c1-11(2)23-6-12(3,24-11)8(18)14-10(20)15-13(21,9(19)16-14)7(17)4-5-22-14/h7-8,17-18,21H,4-6H2,1-3H3,(H,15,20)(H,16,19)/t7-,8+,12+,13-,14+/m1/s1. The fourth-order valence-electron chi connectivity index (χ4n) is 3.29. The number of hydrogen-bond donors (Lipinski definition) is 5. The molecule has 4 rings (SSSR count). The molecule has 10 nitrogen and oxygen atoms in total. The summed E-state index contributed by atoms with van der Waals surface area (Å²) in [5.74, 6) is -3.04. The summed E-state index contributed by atoms with van der Waals surface area (Å²) in [4.78, 5) is 24.8. The molecule has 10 heteroatoms. The highest BCUT2D eigenvalue weighted by Crippen LogP contribution is 2.39. The lowest BCUT2D eigenvalue weighted by Gasteiger charge is -2.50. The smallest absolute Gasteiger partial charge is 0.279 e. The molecule has 2 bridgehead atoms. The molecule has 4 fully saturated rings. The number of carbonyl (C=O) groups excluding carboxylic acids is 2. The molecule has 24 heavy (non-hydrogen) atoms. The molecule has 4 heterocycles. The van der Waals surface area contributed by atoms with Crippen LogP contribution < -0.4 is 10.6 Å². The highest BCUT2D eigenvalue weighted by molar-refractivity contribution is 6.01. The van der Waals surface area contributed by atoms with E-state index in [1.807, 2.05) is 0 Å². The van der Waals surface area contributed by atoms with Gasteiger partial charge in [0.15, 0.2) is 5.79 Å². The van der Waals surface area contributed by atoms with Crippen LogP contribution >= 0.6 is 0 Å². The molecular weight excluding hydrogens is 324 g/mol. The number of hydrogen-bond acceptors (Lipinski definition) is 8. The lowest BCUT2D eigenvalue weighted by molar-refractivity contribution is -0.251. The third kappa shape index (κ3) is 2.33. The van der Waals surface area contributed by atoms with E-state index in [-0.39, 0.29) is 19.6 Å². The first-order valence-corrected chi connectivity index (χ1v) is 7.67. The molecule has 0 spiro atoms. The van der Waals surface area contributed by atoms with E-state index in [1.54, 1.807) is 13.8 Å². The molecule has 0 unspecified atom stereocenters. The highest BCUT2D eigenvalue weighted by Gasteiger charge is 2.66. The van der Waals surface area contributed by atoms with E-state index in [1.165, 1.54) is 6.92 Å². The van der Waals surface area contributed by atoms with Crippen molar-refractivity contribution in [2.24, 2.45) is 0 Å². The molecule has 4 saturated heterocycles. The van der Waals surface area contributed by atoms with Gasteiger partial charge in [-0.05, 0) is 20.8 Å². The average molecular weight is 346 g/mol. The molecule has 0 aromatic carbocycles. The Kier molecular flexibility index (Phi) is 3.72. The van der Waals surface area contributed by atoms with Crippen LogP contribution in [0.3, 0.4) is 0 Å². The summed E-state index contributed by atoms with van der Waals surface area (Å²) in [5.41, 5.74) is -5.99. The van der Waals surface area contributed by atoms with E-state index in [2.05, 4.69) is 10.6 Å². The molecule has 4 aliphatic rings. The van der Waals surface area contributed by atoms with Crippen molar-refractivity contribution in [2.45, 2.75) is 62.2 Å². The Morgan fingerprint density at radius 1 is 1.17 bits per heavy atom. The van der Waals surface area contributed by atoms with Gasteiger partial charge in [0.25, 0.3) is 17.5 Å². The first-order valence-electron chi connectivity index (χ1n) is 7.67. The minimum Gasteiger partial charge on any atom is -0.387 e. The zero-order valence-electron chi connectivity index (χ0n) is 13.7. The molecule has 0 aliphatic carbocycles. The van der Waals surface area contributed by atoms with Gasteiger partial charge in [-0.25, -0.2) is 0 Å². The minimum absolute atomic E-state index is 0.0394. The van der Waals surface area contributed by atoms with Gasteiger partial charge >= 0.3 is 0 Å². The van der Waals surface area contributed by atoms with Crippen LogP contribution in [0.15, 0.2) is 0 Å². The van der Waals surface area contributed by atoms with Gasteiger partial charge in [0.2, 0.25) is 5.72 Å². The maximum atomic E-state index is 12.6. The predicted molar refractivity (Wildman–Crippen MR) is 76.1 cm³/mol. The summed E-state index contributed by atoms with van der Waals surface area (Å²) >= 11 is 0. The Morgan fingerprint density at radius 2 is 1.83 bits per heavy atom. The molecule has 0 aromatic rings. The van der Waals surface area contributed by atoms with Crippen molar-refractivity contribution >= 4 is 11.8 Å². The van der Waals surface area contributed by atoms with Crippen LogP contribution in [0.5, 0.6) is 0 Å². The molecular formula is C14H22N2O8. The van der Waals surface area contributed by atoms with Gasteiger partial charge in [-0.3, -0.25) is 9.59 Å². The van der Waals surface area contributed by atoms with Crippen molar-refractivity contribution in [3.05, 3.63) is 0 Å². The van der Waals surface area contributed by atoms with Crippen LogP contribution in [0.1, 0.15) is 27.2 Å². The fourth-order valence-corrected chi connectivity index (χ4v) is 3.29. The number of aliphatic hydroxyl groups excluding tert-OH is 2. The van der Waals surface area contributed by atoms with Crippen LogP contribution in [0.25, 0.3) is 0 Å². The number of carbonyl (C=O) groups is 2. The Balaban J connectivity index is 1.97. The second-order valence-corrected chi connectivity index (χ2v) is 7.07. The molecule has 2 amide bonds. The Bertz CT molecular complexity index is 583. The van der Waals surface area contributed by atoms with Gasteiger partial charge in [0.05, 0.1) is 13.2 Å². The molecule has 136 valence electrons. The number of rotatable bonds is 2. The highest BCUT2D eigenvalue weighted by atomic mass is 16.8. The van der Waals surface area contributed by atoms with Gasteiger partial charge in [-0.1, -0.05) is 0 Å². The molecule has 5 N–H and O–H groups in total. The number of aliphatic hydroxyl groups is 3. The number of piperazine rings is 1. The van der Waals surface area contributed by atoms with E-state index in [9.17, 15) is 24.9 Å². The van der Waals surface area contributed by atoms with Crippen molar-refractivity contribution in [2.75, 3.05) is 13.2 Å². The maximum Gasteiger partial charge on any atom is 0.279 e. The molecule has 0 radical (unpaired) electrons. The molecule has 5 atom stereocenters. The molecule has 0 aromatic heterocycles. The quantitative estimate of drug-likeness (QED) is 0.363. The van der Waals surface area contributed by atoms with Gasteiger partial charge in [-0.15, -0.1) is 0 Å². The topological polar surface area (TPSA) is 147 Å². The van der Waals surface area contributed by atoms with E-state index >= 15 is 0 Å². The summed E-state index contributed by atoms with van der Waals surface area (Å²) in [6, 6.07) is 0. The molecule has 4 aliphatic heterocycles. The largest absolute Gasteiger partial charge is 0.387 e. The maximum absolute atomic E-state index is 12.6. The van der Waals surface area contributed by atoms with Crippen molar-refractivity contribution < 1.29 is 39.1 Å². The predicted octanol–water partition coefficient (Wildman–Crippen LogP) is -2.70. The SMILES string of the molecule is CC1(C)OC[C@@](C)([C@H](O)[C@@]23NC(=O)[C@@](O)(NC2=O)[C@H](O)CCO3)O1. The Morgan fingerprint density at radius 3 is 2.42 bits per heavy atom. The van der Waals surface area contributed by atoms with Crippen molar-refractivity contribution in [1.29, 1.82) is 0 Å². The number of nitrogens with one attached hydrogen (secondary N) is 2. The number of amides is 2. The van der Waals surface area contributed by atoms with Gasteiger partial charge in [-0.2, -0.15) is 0 Å².